The summed E-state index contributed by atoms with van der Waals surface area (Å²) in [5, 5.41) is 25.8. The smallest absolute Gasteiger partial charge is 0.326 e. The van der Waals surface area contributed by atoms with E-state index in [1.807, 2.05) is 0 Å². The minimum atomic E-state index is -1.47. The number of carbonyl (C=O) groups excluding carboxylic acids is 4. The van der Waals surface area contributed by atoms with E-state index in [0.717, 1.165) is 0 Å². The predicted molar refractivity (Wildman–Crippen MR) is 122 cm³/mol. The fourth-order valence-electron chi connectivity index (χ4n) is 2.71. The molecular formula is C19H36N8O7. The van der Waals surface area contributed by atoms with Gasteiger partial charge in [0.05, 0.1) is 12.5 Å². The van der Waals surface area contributed by atoms with Crippen molar-refractivity contribution in [3.05, 3.63) is 0 Å². The van der Waals surface area contributed by atoms with Crippen molar-refractivity contribution in [3.63, 3.8) is 0 Å². The van der Waals surface area contributed by atoms with Crippen molar-refractivity contribution < 1.29 is 34.2 Å². The number of primary amides is 1. The summed E-state index contributed by atoms with van der Waals surface area (Å²) < 4.78 is 0. The van der Waals surface area contributed by atoms with Crippen molar-refractivity contribution in [2.75, 3.05) is 6.54 Å². The number of hydrogen-bond acceptors (Lipinski definition) is 8. The van der Waals surface area contributed by atoms with Crippen LogP contribution in [0.15, 0.2) is 4.99 Å². The fraction of sp³-hybridized carbons (Fsp3) is 0.684. The van der Waals surface area contributed by atoms with Crippen LogP contribution in [0.1, 0.15) is 40.0 Å². The van der Waals surface area contributed by atoms with Crippen molar-refractivity contribution in [1.29, 1.82) is 0 Å². The number of aliphatic carboxylic acids is 1. The highest BCUT2D eigenvalue weighted by Crippen LogP contribution is 2.07. The summed E-state index contributed by atoms with van der Waals surface area (Å²) in [4.78, 5) is 64.3. The first-order valence-corrected chi connectivity index (χ1v) is 10.6. The molecule has 0 saturated heterocycles. The van der Waals surface area contributed by atoms with E-state index < -0.39 is 72.2 Å². The van der Waals surface area contributed by atoms with Gasteiger partial charge in [0.25, 0.3) is 0 Å². The van der Waals surface area contributed by atoms with E-state index in [1.54, 1.807) is 13.8 Å². The lowest BCUT2D eigenvalue weighted by Crippen LogP contribution is -2.59. The second-order valence-corrected chi connectivity index (χ2v) is 8.08. The first kappa shape index (κ1) is 30.5. The molecule has 0 rings (SSSR count). The summed E-state index contributed by atoms with van der Waals surface area (Å²) in [7, 11) is 0. The molecule has 15 nitrogen and oxygen atoms in total. The van der Waals surface area contributed by atoms with Gasteiger partial charge in [-0.3, -0.25) is 24.2 Å². The first-order valence-electron chi connectivity index (χ1n) is 10.6. The molecule has 194 valence electrons. The zero-order valence-electron chi connectivity index (χ0n) is 19.5. The van der Waals surface area contributed by atoms with Crippen LogP contribution in [0.4, 0.5) is 0 Å². The highest BCUT2D eigenvalue weighted by Gasteiger charge is 2.33. The molecule has 0 aromatic heterocycles. The third-order valence-electron chi connectivity index (χ3n) is 4.67. The van der Waals surface area contributed by atoms with E-state index in [4.69, 9.17) is 22.9 Å². The zero-order valence-corrected chi connectivity index (χ0v) is 19.5. The van der Waals surface area contributed by atoms with Crippen LogP contribution in [0.25, 0.3) is 0 Å². The van der Waals surface area contributed by atoms with Crippen molar-refractivity contribution in [3.8, 4) is 0 Å². The van der Waals surface area contributed by atoms with Crippen molar-refractivity contribution in [1.82, 2.24) is 16.0 Å². The number of aliphatic imine (C=N–C) groups is 1. The summed E-state index contributed by atoms with van der Waals surface area (Å²) >= 11 is 0. The lowest BCUT2D eigenvalue weighted by molar-refractivity contribution is -0.143. The van der Waals surface area contributed by atoms with E-state index in [2.05, 4.69) is 20.9 Å². The highest BCUT2D eigenvalue weighted by atomic mass is 16.4. The van der Waals surface area contributed by atoms with Gasteiger partial charge in [0.15, 0.2) is 5.96 Å². The SMILES string of the molecule is CC(C)C(NC(=O)C(CC(N)=O)NC(=O)C(N)C(C)O)C(=O)NC(CCCN=C(N)N)C(=O)O. The lowest BCUT2D eigenvalue weighted by Gasteiger charge is -2.27. The molecule has 5 atom stereocenters. The number of nitrogens with one attached hydrogen (secondary N) is 3. The second-order valence-electron chi connectivity index (χ2n) is 8.08. The minimum absolute atomic E-state index is 0.0220. The van der Waals surface area contributed by atoms with Gasteiger partial charge in [-0.2, -0.15) is 0 Å². The summed E-state index contributed by atoms with van der Waals surface area (Å²) in [5.74, 6) is -5.47. The molecule has 0 aromatic rings. The van der Waals surface area contributed by atoms with Gasteiger partial charge in [0, 0.05) is 6.54 Å². The number of nitrogens with zero attached hydrogens (tertiary/aromatic N) is 1. The number of carboxylic acid groups (broad SMARTS) is 1. The van der Waals surface area contributed by atoms with Gasteiger partial charge in [0.1, 0.15) is 24.2 Å². The summed E-state index contributed by atoms with van der Waals surface area (Å²) in [6.45, 7) is 4.63. The molecule has 0 aliphatic heterocycles. The van der Waals surface area contributed by atoms with Gasteiger partial charge in [-0.15, -0.1) is 0 Å². The zero-order chi connectivity index (χ0) is 26.6. The molecule has 0 aliphatic carbocycles. The Balaban J connectivity index is 5.39. The molecule has 13 N–H and O–H groups in total. The molecule has 0 bridgehead atoms. The van der Waals surface area contributed by atoms with Crippen LogP contribution in [0, 0.1) is 5.92 Å². The largest absolute Gasteiger partial charge is 0.480 e. The molecule has 5 unspecified atom stereocenters. The Labute approximate surface area is 197 Å². The minimum Gasteiger partial charge on any atom is -0.480 e. The Kier molecular flexibility index (Phi) is 13.2. The number of carboxylic acids is 1. The van der Waals surface area contributed by atoms with E-state index in [-0.39, 0.29) is 25.3 Å². The van der Waals surface area contributed by atoms with Gasteiger partial charge in [-0.1, -0.05) is 13.8 Å². The number of guanidine groups is 1. The topological polar surface area (TPSA) is 278 Å². The Morgan fingerprint density at radius 2 is 1.44 bits per heavy atom. The monoisotopic (exact) mass is 488 g/mol. The Morgan fingerprint density at radius 3 is 1.88 bits per heavy atom. The van der Waals surface area contributed by atoms with Gasteiger partial charge in [-0.05, 0) is 25.7 Å². The standard InChI is InChI=1S/C19H36N8O7/c1-8(2)14(17(32)25-10(18(33)34)5-4-6-24-19(22)23)27-15(30)11(7-12(20)29)26-16(31)13(21)9(3)28/h8-11,13-14,28H,4-7,21H2,1-3H3,(H2,20,29)(H,25,32)(H,26,31)(H,27,30)(H,33,34)(H4,22,23,24). The third-order valence-corrected chi connectivity index (χ3v) is 4.67. The van der Waals surface area contributed by atoms with Crippen molar-refractivity contribution in [2.45, 2.75) is 70.3 Å². The third kappa shape index (κ3) is 11.4. The molecular weight excluding hydrogens is 452 g/mol. The number of hydrogen-bond donors (Lipinski definition) is 9. The van der Waals surface area contributed by atoms with E-state index in [1.165, 1.54) is 6.92 Å². The van der Waals surface area contributed by atoms with E-state index in [0.29, 0.717) is 0 Å². The van der Waals surface area contributed by atoms with Crippen molar-refractivity contribution in [2.24, 2.45) is 33.8 Å². The first-order chi connectivity index (χ1) is 15.7. The summed E-state index contributed by atoms with van der Waals surface area (Å²) in [5.41, 5.74) is 21.1. The second kappa shape index (κ2) is 14.6. The van der Waals surface area contributed by atoms with Crippen LogP contribution < -0.4 is 38.9 Å². The van der Waals surface area contributed by atoms with Crippen LogP contribution in [0.5, 0.6) is 0 Å². The summed E-state index contributed by atoms with van der Waals surface area (Å²) in [6.07, 6.45) is -1.54. The maximum absolute atomic E-state index is 12.8. The molecule has 0 radical (unpaired) electrons. The van der Waals surface area contributed by atoms with Gasteiger partial charge >= 0.3 is 5.97 Å². The van der Waals surface area contributed by atoms with Crippen LogP contribution in [-0.2, 0) is 24.0 Å². The molecule has 0 spiro atoms. The Bertz CT molecular complexity index is 768. The maximum atomic E-state index is 12.8. The Hall–Kier alpha value is -3.46. The molecule has 15 heteroatoms. The van der Waals surface area contributed by atoms with Crippen molar-refractivity contribution >= 4 is 35.6 Å². The number of rotatable bonds is 15. The van der Waals surface area contributed by atoms with Gasteiger partial charge in [-0.25, -0.2) is 4.79 Å². The van der Waals surface area contributed by atoms with E-state index >= 15 is 0 Å². The predicted octanol–water partition coefficient (Wildman–Crippen LogP) is -4.18. The molecule has 0 fully saturated rings. The number of nitrogens with two attached hydrogens (primary N) is 4. The molecule has 0 saturated carbocycles. The molecule has 4 amide bonds. The maximum Gasteiger partial charge on any atom is 0.326 e. The van der Waals surface area contributed by atoms with Crippen LogP contribution in [-0.4, -0.2) is 82.6 Å². The van der Waals surface area contributed by atoms with E-state index in [9.17, 15) is 34.2 Å². The number of amides is 4. The number of carbonyl (C=O) groups is 5. The van der Waals surface area contributed by atoms with Gasteiger partial charge in [0.2, 0.25) is 23.6 Å². The normalized spacial score (nSPS) is 15.2. The number of aliphatic hydroxyl groups excluding tert-OH is 1. The molecule has 0 heterocycles. The fourth-order valence-corrected chi connectivity index (χ4v) is 2.71. The lowest BCUT2D eigenvalue weighted by atomic mass is 10.0. The van der Waals surface area contributed by atoms with Gasteiger partial charge < -0.3 is 49.1 Å². The molecule has 0 aromatic carbocycles. The molecule has 0 aliphatic rings. The van der Waals surface area contributed by atoms with Crippen LogP contribution in [0.2, 0.25) is 0 Å². The highest BCUT2D eigenvalue weighted by molar-refractivity contribution is 5.96. The Morgan fingerprint density at radius 1 is 0.882 bits per heavy atom. The average Bonchev–Trinajstić information content (AvgIpc) is 2.71. The summed E-state index contributed by atoms with van der Waals surface area (Å²) in [6, 6.07) is -5.32. The van der Waals surface area contributed by atoms with Crippen LogP contribution >= 0.6 is 0 Å². The quantitative estimate of drug-likeness (QED) is 0.0608. The molecule has 34 heavy (non-hydrogen) atoms. The number of aliphatic hydroxyl groups is 1. The van der Waals surface area contributed by atoms with Crippen LogP contribution in [0.3, 0.4) is 0 Å². The average molecular weight is 489 g/mol.